The van der Waals surface area contributed by atoms with E-state index in [0.29, 0.717) is 12.1 Å². The summed E-state index contributed by atoms with van der Waals surface area (Å²) in [6.07, 6.45) is 0. The highest BCUT2D eigenvalue weighted by Crippen LogP contribution is 2.22. The highest BCUT2D eigenvalue weighted by molar-refractivity contribution is 7.99. The fraction of sp³-hybridized carbons (Fsp3) is 0.357. The molecule has 0 radical (unpaired) electrons. The second kappa shape index (κ2) is 9.02. The van der Waals surface area contributed by atoms with E-state index in [0.717, 1.165) is 10.6 Å². The number of thioether (sulfide) groups is 1. The monoisotopic (exact) mass is 310 g/mol. The van der Waals surface area contributed by atoms with Crippen molar-refractivity contribution in [2.24, 2.45) is 0 Å². The number of imide groups is 1. The number of benzene rings is 1. The molecule has 0 aromatic heterocycles. The highest BCUT2D eigenvalue weighted by Gasteiger charge is 2.15. The molecule has 0 unspecified atom stereocenters. The highest BCUT2D eigenvalue weighted by atomic mass is 32.2. The normalized spacial score (nSPS) is 9.81. The van der Waals surface area contributed by atoms with E-state index in [1.54, 1.807) is 19.1 Å². The van der Waals surface area contributed by atoms with Crippen molar-refractivity contribution in [3.05, 3.63) is 29.8 Å². The average Bonchev–Trinajstić information content (AvgIpc) is 2.46. The third kappa shape index (κ3) is 5.86. The Balaban J connectivity index is 2.54. The molecule has 0 bridgehead atoms. The molecule has 0 heterocycles. The summed E-state index contributed by atoms with van der Waals surface area (Å²) >= 11 is 1.52. The van der Waals surface area contributed by atoms with Crippen molar-refractivity contribution in [1.82, 2.24) is 10.6 Å². The summed E-state index contributed by atoms with van der Waals surface area (Å²) in [7, 11) is 0. The fourth-order valence-corrected chi connectivity index (χ4v) is 2.29. The first-order valence-corrected chi connectivity index (χ1v) is 7.53. The Morgan fingerprint density at radius 1 is 1.19 bits per heavy atom. The van der Waals surface area contributed by atoms with E-state index in [-0.39, 0.29) is 0 Å². The first-order valence-electron chi connectivity index (χ1n) is 6.55. The van der Waals surface area contributed by atoms with Gasteiger partial charge < -0.3 is 10.1 Å². The maximum Gasteiger partial charge on any atom is 0.339 e. The zero-order valence-corrected chi connectivity index (χ0v) is 12.8. The summed E-state index contributed by atoms with van der Waals surface area (Å²) in [5.74, 6) is -0.436. The summed E-state index contributed by atoms with van der Waals surface area (Å²) in [4.78, 5) is 35.3. The SMILES string of the molecule is CCNC(=O)NC(=O)COC(=O)c1ccccc1SCC. The van der Waals surface area contributed by atoms with Gasteiger partial charge in [-0.25, -0.2) is 9.59 Å². The number of carbonyl (C=O) groups excluding carboxylic acids is 3. The van der Waals surface area contributed by atoms with Gasteiger partial charge in [-0.05, 0) is 24.8 Å². The number of esters is 1. The van der Waals surface area contributed by atoms with Gasteiger partial charge >= 0.3 is 12.0 Å². The van der Waals surface area contributed by atoms with Gasteiger partial charge in [0.2, 0.25) is 0 Å². The van der Waals surface area contributed by atoms with Crippen LogP contribution in [0, 0.1) is 0 Å². The van der Waals surface area contributed by atoms with Crippen molar-refractivity contribution in [2.75, 3.05) is 18.9 Å². The molecule has 1 aromatic rings. The zero-order valence-electron chi connectivity index (χ0n) is 12.0. The quantitative estimate of drug-likeness (QED) is 0.618. The standard InChI is InChI=1S/C14H18N2O4S/c1-3-15-14(19)16-12(17)9-20-13(18)10-7-5-6-8-11(10)21-4-2/h5-8H,3-4,9H2,1-2H3,(H2,15,16,17,19). The van der Waals surface area contributed by atoms with Crippen molar-refractivity contribution in [2.45, 2.75) is 18.7 Å². The molecule has 0 saturated carbocycles. The van der Waals surface area contributed by atoms with E-state index in [9.17, 15) is 14.4 Å². The average molecular weight is 310 g/mol. The van der Waals surface area contributed by atoms with Gasteiger partial charge in [-0.1, -0.05) is 19.1 Å². The Hall–Kier alpha value is -2.02. The van der Waals surface area contributed by atoms with Crippen LogP contribution >= 0.6 is 11.8 Å². The van der Waals surface area contributed by atoms with E-state index >= 15 is 0 Å². The predicted molar refractivity (Wildman–Crippen MR) is 80.3 cm³/mol. The molecule has 7 heteroatoms. The summed E-state index contributed by atoms with van der Waals surface area (Å²) in [5.41, 5.74) is 0.412. The van der Waals surface area contributed by atoms with Crippen LogP contribution in [0.3, 0.4) is 0 Å². The van der Waals surface area contributed by atoms with Crippen molar-refractivity contribution < 1.29 is 19.1 Å². The summed E-state index contributed by atoms with van der Waals surface area (Å²) in [6, 6.07) is 6.41. The van der Waals surface area contributed by atoms with E-state index in [1.165, 1.54) is 11.8 Å². The third-order valence-electron chi connectivity index (χ3n) is 2.33. The number of amides is 3. The van der Waals surface area contributed by atoms with E-state index in [2.05, 4.69) is 10.6 Å². The van der Waals surface area contributed by atoms with Crippen LogP contribution in [0.15, 0.2) is 29.2 Å². The Kier molecular flexibility index (Phi) is 7.31. The van der Waals surface area contributed by atoms with Gasteiger partial charge in [0.05, 0.1) is 5.56 Å². The van der Waals surface area contributed by atoms with Gasteiger partial charge in [-0.3, -0.25) is 10.1 Å². The maximum absolute atomic E-state index is 11.9. The van der Waals surface area contributed by atoms with E-state index in [4.69, 9.17) is 4.74 Å². The minimum atomic E-state index is -0.671. The number of rotatable bonds is 6. The first kappa shape index (κ1) is 17.0. The molecule has 6 nitrogen and oxygen atoms in total. The smallest absolute Gasteiger partial charge is 0.339 e. The van der Waals surface area contributed by atoms with Gasteiger partial charge in [0, 0.05) is 11.4 Å². The second-order valence-electron chi connectivity index (χ2n) is 3.91. The number of urea groups is 1. The van der Waals surface area contributed by atoms with Crippen molar-refractivity contribution >= 4 is 29.7 Å². The topological polar surface area (TPSA) is 84.5 Å². The summed E-state index contributed by atoms with van der Waals surface area (Å²) in [6.45, 7) is 3.61. The van der Waals surface area contributed by atoms with Crippen LogP contribution in [-0.4, -0.2) is 36.8 Å². The number of hydrogen-bond donors (Lipinski definition) is 2. The third-order valence-corrected chi connectivity index (χ3v) is 3.29. The lowest BCUT2D eigenvalue weighted by atomic mass is 10.2. The van der Waals surface area contributed by atoms with Gasteiger partial charge in [0.1, 0.15) is 0 Å². The molecule has 0 spiro atoms. The van der Waals surface area contributed by atoms with E-state index in [1.807, 2.05) is 19.1 Å². The van der Waals surface area contributed by atoms with Crippen LogP contribution in [0.4, 0.5) is 4.79 Å². The Bertz CT molecular complexity index is 519. The second-order valence-corrected chi connectivity index (χ2v) is 5.22. The number of ether oxygens (including phenoxy) is 1. The predicted octanol–water partition coefficient (Wildman–Crippen LogP) is 1.80. The molecule has 0 aliphatic rings. The van der Waals surface area contributed by atoms with Gasteiger partial charge in [0.25, 0.3) is 5.91 Å². The molecule has 0 fully saturated rings. The van der Waals surface area contributed by atoms with Crippen LogP contribution in [0.1, 0.15) is 24.2 Å². The molecule has 21 heavy (non-hydrogen) atoms. The molecule has 114 valence electrons. The molecular weight excluding hydrogens is 292 g/mol. The molecule has 3 amide bonds. The minimum absolute atomic E-state index is 0.403. The molecule has 1 rings (SSSR count). The lowest BCUT2D eigenvalue weighted by Crippen LogP contribution is -2.41. The summed E-state index contributed by atoms with van der Waals surface area (Å²) < 4.78 is 4.91. The Morgan fingerprint density at radius 2 is 1.90 bits per heavy atom. The number of carbonyl (C=O) groups is 3. The Morgan fingerprint density at radius 3 is 2.57 bits per heavy atom. The van der Waals surface area contributed by atoms with Crippen LogP contribution in [0.25, 0.3) is 0 Å². The molecule has 0 aliphatic heterocycles. The van der Waals surface area contributed by atoms with Crippen LogP contribution in [-0.2, 0) is 9.53 Å². The summed E-state index contributed by atoms with van der Waals surface area (Å²) in [5, 5.41) is 4.46. The van der Waals surface area contributed by atoms with Gasteiger partial charge in [-0.15, -0.1) is 11.8 Å². The Labute approximate surface area is 127 Å². The minimum Gasteiger partial charge on any atom is -0.452 e. The number of hydrogen-bond acceptors (Lipinski definition) is 5. The molecule has 0 atom stereocenters. The first-order chi connectivity index (χ1) is 10.1. The number of nitrogens with one attached hydrogen (secondary N) is 2. The van der Waals surface area contributed by atoms with Gasteiger partial charge in [-0.2, -0.15) is 0 Å². The molecule has 1 aromatic carbocycles. The van der Waals surface area contributed by atoms with Crippen LogP contribution < -0.4 is 10.6 Å². The molecule has 2 N–H and O–H groups in total. The van der Waals surface area contributed by atoms with Crippen LogP contribution in [0.2, 0.25) is 0 Å². The van der Waals surface area contributed by atoms with Crippen molar-refractivity contribution in [3.63, 3.8) is 0 Å². The van der Waals surface area contributed by atoms with Crippen molar-refractivity contribution in [3.8, 4) is 0 Å². The lowest BCUT2D eigenvalue weighted by molar-refractivity contribution is -0.123. The van der Waals surface area contributed by atoms with E-state index < -0.39 is 24.5 Å². The largest absolute Gasteiger partial charge is 0.452 e. The molecule has 0 saturated heterocycles. The lowest BCUT2D eigenvalue weighted by Gasteiger charge is -2.08. The van der Waals surface area contributed by atoms with Gasteiger partial charge in [0.15, 0.2) is 6.61 Å². The molecule has 0 aliphatic carbocycles. The fourth-order valence-electron chi connectivity index (χ4n) is 1.49. The van der Waals surface area contributed by atoms with Crippen molar-refractivity contribution in [1.29, 1.82) is 0 Å². The molecular formula is C14H18N2O4S. The zero-order chi connectivity index (χ0) is 15.7. The maximum atomic E-state index is 11.9. The van der Waals surface area contributed by atoms with Crippen LogP contribution in [0.5, 0.6) is 0 Å².